The Balaban J connectivity index is 1.54. The molecule has 134 valence electrons. The molecular formula is C20H32N2O2. The van der Waals surface area contributed by atoms with Crippen molar-refractivity contribution in [3.05, 3.63) is 11.6 Å². The van der Waals surface area contributed by atoms with Crippen LogP contribution in [0.15, 0.2) is 11.6 Å². The maximum atomic E-state index is 12.9. The smallest absolute Gasteiger partial charge is 0.226 e. The Kier molecular flexibility index (Phi) is 4.76. The number of hydrogen-bond donors (Lipinski definition) is 0. The standard InChI is InChI=1S/C20H32N2O2/c1-14(2)13-16-17(20(16,3)4)19(24)22-11-7-15(8-12-22)18(23)21-9-5-6-10-21/h13,15-17H,5-12H2,1-4H3. The third-order valence-electron chi connectivity index (χ3n) is 6.26. The molecule has 3 aliphatic rings. The van der Waals surface area contributed by atoms with Gasteiger partial charge in [0.05, 0.1) is 5.92 Å². The van der Waals surface area contributed by atoms with Crippen molar-refractivity contribution in [1.82, 2.24) is 9.80 Å². The number of amides is 2. The summed E-state index contributed by atoms with van der Waals surface area (Å²) in [6.45, 7) is 12.0. The van der Waals surface area contributed by atoms with E-state index in [1.54, 1.807) is 0 Å². The predicted octanol–water partition coefficient (Wildman–Crippen LogP) is 3.09. The highest BCUT2D eigenvalue weighted by molar-refractivity contribution is 5.84. The molecule has 2 heterocycles. The van der Waals surface area contributed by atoms with Crippen molar-refractivity contribution in [2.24, 2.45) is 23.2 Å². The predicted molar refractivity (Wildman–Crippen MR) is 95.3 cm³/mol. The van der Waals surface area contributed by atoms with Crippen LogP contribution in [0.25, 0.3) is 0 Å². The summed E-state index contributed by atoms with van der Waals surface area (Å²) in [4.78, 5) is 29.5. The van der Waals surface area contributed by atoms with Crippen molar-refractivity contribution < 1.29 is 9.59 Å². The summed E-state index contributed by atoms with van der Waals surface area (Å²) in [6.07, 6.45) is 6.21. The minimum atomic E-state index is 0.0799. The molecule has 2 atom stereocenters. The van der Waals surface area contributed by atoms with Gasteiger partial charge in [-0.1, -0.05) is 25.5 Å². The fourth-order valence-corrected chi connectivity index (χ4v) is 4.56. The number of nitrogens with zero attached hydrogens (tertiary/aromatic N) is 2. The van der Waals surface area contributed by atoms with Gasteiger partial charge < -0.3 is 9.80 Å². The van der Waals surface area contributed by atoms with Crippen molar-refractivity contribution in [3.8, 4) is 0 Å². The molecule has 0 aromatic rings. The van der Waals surface area contributed by atoms with Crippen LogP contribution in [-0.2, 0) is 9.59 Å². The lowest BCUT2D eigenvalue weighted by Crippen LogP contribution is -2.44. The summed E-state index contributed by atoms with van der Waals surface area (Å²) in [6, 6.07) is 0. The van der Waals surface area contributed by atoms with Gasteiger partial charge in [-0.2, -0.15) is 0 Å². The van der Waals surface area contributed by atoms with E-state index < -0.39 is 0 Å². The SMILES string of the molecule is CC(C)=CC1C(C(=O)N2CCC(C(=O)N3CCCC3)CC2)C1(C)C. The molecular weight excluding hydrogens is 300 g/mol. The number of carbonyl (C=O) groups excluding carboxylic acids is 2. The summed E-state index contributed by atoms with van der Waals surface area (Å²) >= 11 is 0. The van der Waals surface area contributed by atoms with Crippen LogP contribution in [0.4, 0.5) is 0 Å². The van der Waals surface area contributed by atoms with Crippen molar-refractivity contribution in [2.45, 2.75) is 53.4 Å². The number of likely N-dealkylation sites (tertiary alicyclic amines) is 2. The van der Waals surface area contributed by atoms with Gasteiger partial charge in [-0.15, -0.1) is 0 Å². The first kappa shape index (κ1) is 17.5. The van der Waals surface area contributed by atoms with Crippen molar-refractivity contribution in [2.75, 3.05) is 26.2 Å². The Labute approximate surface area is 146 Å². The number of hydrogen-bond acceptors (Lipinski definition) is 2. The zero-order valence-corrected chi connectivity index (χ0v) is 15.7. The summed E-state index contributed by atoms with van der Waals surface area (Å²) in [5, 5.41) is 0. The zero-order chi connectivity index (χ0) is 17.5. The first-order valence-corrected chi connectivity index (χ1v) is 9.55. The lowest BCUT2D eigenvalue weighted by molar-refractivity contribution is -0.141. The van der Waals surface area contributed by atoms with E-state index >= 15 is 0 Å². The number of allylic oxidation sites excluding steroid dienone is 2. The highest BCUT2D eigenvalue weighted by atomic mass is 16.2. The van der Waals surface area contributed by atoms with Crippen LogP contribution in [0.1, 0.15) is 53.4 Å². The Bertz CT molecular complexity index is 534. The Morgan fingerprint density at radius 1 is 0.917 bits per heavy atom. The highest BCUT2D eigenvalue weighted by Crippen LogP contribution is 2.60. The largest absolute Gasteiger partial charge is 0.342 e. The van der Waals surface area contributed by atoms with E-state index in [0.29, 0.717) is 17.7 Å². The molecule has 24 heavy (non-hydrogen) atoms. The monoisotopic (exact) mass is 332 g/mol. The van der Waals surface area contributed by atoms with Crippen LogP contribution in [0.2, 0.25) is 0 Å². The van der Waals surface area contributed by atoms with E-state index in [1.807, 2.05) is 9.80 Å². The van der Waals surface area contributed by atoms with Gasteiger partial charge in [0.15, 0.2) is 0 Å². The van der Waals surface area contributed by atoms with Crippen LogP contribution in [-0.4, -0.2) is 47.8 Å². The molecule has 0 aromatic heterocycles. The lowest BCUT2D eigenvalue weighted by atomic mass is 9.94. The van der Waals surface area contributed by atoms with Crippen molar-refractivity contribution in [3.63, 3.8) is 0 Å². The van der Waals surface area contributed by atoms with Gasteiger partial charge in [-0.05, 0) is 50.9 Å². The molecule has 4 nitrogen and oxygen atoms in total. The second kappa shape index (κ2) is 6.53. The Hall–Kier alpha value is -1.32. The first-order chi connectivity index (χ1) is 11.3. The topological polar surface area (TPSA) is 40.6 Å². The van der Waals surface area contributed by atoms with E-state index in [4.69, 9.17) is 0 Å². The molecule has 4 heteroatoms. The summed E-state index contributed by atoms with van der Waals surface area (Å²) < 4.78 is 0. The summed E-state index contributed by atoms with van der Waals surface area (Å²) in [5.74, 6) is 1.26. The molecule has 2 amide bonds. The van der Waals surface area contributed by atoms with Crippen molar-refractivity contribution >= 4 is 11.8 Å². The molecule has 0 aromatic carbocycles. The van der Waals surface area contributed by atoms with Crippen LogP contribution < -0.4 is 0 Å². The quantitative estimate of drug-likeness (QED) is 0.745. The minimum absolute atomic E-state index is 0.0799. The molecule has 2 unspecified atom stereocenters. The van der Waals surface area contributed by atoms with E-state index in [-0.39, 0.29) is 17.3 Å². The molecule has 3 rings (SSSR count). The first-order valence-electron chi connectivity index (χ1n) is 9.55. The number of rotatable bonds is 3. The summed E-state index contributed by atoms with van der Waals surface area (Å²) in [5.41, 5.74) is 1.37. The molecule has 0 N–H and O–H groups in total. The highest BCUT2D eigenvalue weighted by Gasteiger charge is 2.61. The molecule has 0 bridgehead atoms. The van der Waals surface area contributed by atoms with Gasteiger partial charge in [-0.3, -0.25) is 9.59 Å². The van der Waals surface area contributed by atoms with Crippen LogP contribution in [0.3, 0.4) is 0 Å². The molecule has 0 radical (unpaired) electrons. The maximum absolute atomic E-state index is 12.9. The number of piperidine rings is 1. The van der Waals surface area contributed by atoms with E-state index in [1.165, 1.54) is 5.57 Å². The lowest BCUT2D eigenvalue weighted by Gasteiger charge is -2.33. The third kappa shape index (κ3) is 3.25. The molecule has 3 fully saturated rings. The average molecular weight is 332 g/mol. The van der Waals surface area contributed by atoms with E-state index in [2.05, 4.69) is 33.8 Å². The van der Waals surface area contributed by atoms with Gasteiger partial charge in [0, 0.05) is 32.1 Å². The maximum Gasteiger partial charge on any atom is 0.226 e. The molecule has 1 saturated carbocycles. The van der Waals surface area contributed by atoms with Crippen LogP contribution in [0.5, 0.6) is 0 Å². The van der Waals surface area contributed by atoms with Crippen molar-refractivity contribution in [1.29, 1.82) is 0 Å². The normalized spacial score (nSPS) is 29.5. The number of carbonyl (C=O) groups is 2. The molecule has 0 spiro atoms. The fourth-order valence-electron chi connectivity index (χ4n) is 4.56. The Morgan fingerprint density at radius 2 is 1.46 bits per heavy atom. The summed E-state index contributed by atoms with van der Waals surface area (Å²) in [7, 11) is 0. The van der Waals surface area contributed by atoms with Gasteiger partial charge in [-0.25, -0.2) is 0 Å². The minimum Gasteiger partial charge on any atom is -0.342 e. The third-order valence-corrected chi connectivity index (χ3v) is 6.26. The zero-order valence-electron chi connectivity index (χ0n) is 15.7. The second-order valence-electron chi connectivity index (χ2n) is 8.70. The van der Waals surface area contributed by atoms with Crippen LogP contribution >= 0.6 is 0 Å². The molecule has 1 aliphatic carbocycles. The van der Waals surface area contributed by atoms with Gasteiger partial charge in [0.1, 0.15) is 0 Å². The average Bonchev–Trinajstić information content (AvgIpc) is 2.94. The van der Waals surface area contributed by atoms with Gasteiger partial charge in [0.2, 0.25) is 11.8 Å². The molecule has 2 aliphatic heterocycles. The van der Waals surface area contributed by atoms with E-state index in [0.717, 1.165) is 51.9 Å². The van der Waals surface area contributed by atoms with Gasteiger partial charge >= 0.3 is 0 Å². The van der Waals surface area contributed by atoms with Crippen LogP contribution in [0, 0.1) is 23.2 Å². The second-order valence-corrected chi connectivity index (χ2v) is 8.70. The fraction of sp³-hybridized carbons (Fsp3) is 0.800. The Morgan fingerprint density at radius 3 is 2.00 bits per heavy atom. The molecule has 2 saturated heterocycles. The van der Waals surface area contributed by atoms with E-state index in [9.17, 15) is 9.59 Å². The van der Waals surface area contributed by atoms with Gasteiger partial charge in [0.25, 0.3) is 0 Å².